The number of aromatic amines is 1. The normalized spacial score (nSPS) is 10.6. The number of H-pyrrole nitrogens is 1. The van der Waals surface area contributed by atoms with Crippen LogP contribution in [0.3, 0.4) is 0 Å². The Labute approximate surface area is 113 Å². The molecule has 0 amide bonds. The molecule has 0 aliphatic carbocycles. The van der Waals surface area contributed by atoms with Crippen LogP contribution in [0.25, 0.3) is 11.0 Å². The second kappa shape index (κ2) is 4.62. The molecule has 3 rings (SSSR count). The number of carbonyl (C=O) groups excluding carboxylic acids is 1. The summed E-state index contributed by atoms with van der Waals surface area (Å²) in [4.78, 5) is 30.3. The third-order valence-corrected chi connectivity index (χ3v) is 3.03. The number of benzene rings is 1. The van der Waals surface area contributed by atoms with Crippen molar-refractivity contribution < 1.29 is 14.7 Å². The third-order valence-electron chi connectivity index (χ3n) is 3.03. The van der Waals surface area contributed by atoms with Gasteiger partial charge in [-0.15, -0.1) is 0 Å². The number of carboxylic acid groups (broad SMARTS) is 1. The second-order valence-electron chi connectivity index (χ2n) is 4.30. The van der Waals surface area contributed by atoms with E-state index >= 15 is 0 Å². The SMILES string of the molecule is O=C(c1ccccc1)c1cc2nccc(C(=O)O)c2[nH]1. The highest BCUT2D eigenvalue weighted by Gasteiger charge is 2.16. The molecule has 5 nitrogen and oxygen atoms in total. The monoisotopic (exact) mass is 266 g/mol. The fraction of sp³-hybridized carbons (Fsp3) is 0. The van der Waals surface area contributed by atoms with E-state index in [0.29, 0.717) is 22.3 Å². The molecule has 20 heavy (non-hydrogen) atoms. The number of carbonyl (C=O) groups is 2. The number of hydrogen-bond acceptors (Lipinski definition) is 3. The van der Waals surface area contributed by atoms with Gasteiger partial charge < -0.3 is 10.1 Å². The number of nitrogens with zero attached hydrogens (tertiary/aromatic N) is 1. The highest BCUT2D eigenvalue weighted by molar-refractivity contribution is 6.11. The van der Waals surface area contributed by atoms with E-state index in [4.69, 9.17) is 5.11 Å². The zero-order valence-corrected chi connectivity index (χ0v) is 10.3. The van der Waals surface area contributed by atoms with Crippen LogP contribution in [0.4, 0.5) is 0 Å². The van der Waals surface area contributed by atoms with Crippen LogP contribution in [0.5, 0.6) is 0 Å². The molecular formula is C15H10N2O3. The van der Waals surface area contributed by atoms with Crippen molar-refractivity contribution in [3.63, 3.8) is 0 Å². The van der Waals surface area contributed by atoms with Crippen molar-refractivity contribution in [2.45, 2.75) is 0 Å². The summed E-state index contributed by atoms with van der Waals surface area (Å²) in [5.41, 5.74) is 1.79. The Morgan fingerprint density at radius 2 is 1.85 bits per heavy atom. The maximum absolute atomic E-state index is 12.3. The molecule has 0 spiro atoms. The van der Waals surface area contributed by atoms with Gasteiger partial charge in [0.15, 0.2) is 0 Å². The molecule has 0 saturated heterocycles. The summed E-state index contributed by atoms with van der Waals surface area (Å²) in [6.45, 7) is 0. The number of hydrogen-bond donors (Lipinski definition) is 2. The molecule has 0 saturated carbocycles. The predicted molar refractivity (Wildman–Crippen MR) is 72.9 cm³/mol. The van der Waals surface area contributed by atoms with E-state index in [2.05, 4.69) is 9.97 Å². The summed E-state index contributed by atoms with van der Waals surface area (Å²) in [6, 6.07) is 11.8. The first kappa shape index (κ1) is 12.1. The molecule has 0 unspecified atom stereocenters. The van der Waals surface area contributed by atoms with Crippen molar-refractivity contribution in [1.82, 2.24) is 9.97 Å². The second-order valence-corrected chi connectivity index (χ2v) is 4.30. The van der Waals surface area contributed by atoms with Gasteiger partial charge in [-0.05, 0) is 12.1 Å². The first-order valence-electron chi connectivity index (χ1n) is 5.97. The van der Waals surface area contributed by atoms with Crippen LogP contribution in [0.2, 0.25) is 0 Å². The van der Waals surface area contributed by atoms with Gasteiger partial charge in [-0.3, -0.25) is 9.78 Å². The molecule has 0 fully saturated rings. The zero-order chi connectivity index (χ0) is 14.1. The molecule has 2 aromatic heterocycles. The molecule has 0 aliphatic rings. The molecule has 3 aromatic rings. The fourth-order valence-electron chi connectivity index (χ4n) is 2.07. The summed E-state index contributed by atoms with van der Waals surface area (Å²) < 4.78 is 0. The van der Waals surface area contributed by atoms with Crippen LogP contribution in [0, 0.1) is 0 Å². The Kier molecular flexibility index (Phi) is 2.80. The standard InChI is InChI=1S/C15H10N2O3/c18-14(9-4-2-1-3-5-9)12-8-11-13(17-12)10(15(19)20)6-7-16-11/h1-8,17H,(H,19,20). The van der Waals surface area contributed by atoms with E-state index in [1.165, 1.54) is 12.3 Å². The van der Waals surface area contributed by atoms with Gasteiger partial charge in [-0.2, -0.15) is 0 Å². The number of ketones is 1. The van der Waals surface area contributed by atoms with E-state index in [1.54, 1.807) is 30.3 Å². The van der Waals surface area contributed by atoms with Crippen molar-refractivity contribution in [1.29, 1.82) is 0 Å². The molecule has 2 N–H and O–H groups in total. The molecule has 0 atom stereocenters. The Bertz CT molecular complexity index is 806. The number of nitrogens with one attached hydrogen (secondary N) is 1. The molecular weight excluding hydrogens is 256 g/mol. The van der Waals surface area contributed by atoms with Gasteiger partial charge in [0.2, 0.25) is 5.78 Å². The van der Waals surface area contributed by atoms with Crippen LogP contribution >= 0.6 is 0 Å². The number of rotatable bonds is 3. The first-order valence-corrected chi connectivity index (χ1v) is 5.97. The number of aromatic nitrogens is 2. The maximum Gasteiger partial charge on any atom is 0.337 e. The van der Waals surface area contributed by atoms with Crippen LogP contribution in [0.15, 0.2) is 48.7 Å². The van der Waals surface area contributed by atoms with E-state index in [0.717, 1.165) is 0 Å². The van der Waals surface area contributed by atoms with Crippen molar-refractivity contribution >= 4 is 22.8 Å². The molecule has 5 heteroatoms. The summed E-state index contributed by atoms with van der Waals surface area (Å²) in [5, 5.41) is 9.12. The number of fused-ring (bicyclic) bond motifs is 1. The highest BCUT2D eigenvalue weighted by atomic mass is 16.4. The summed E-state index contributed by atoms with van der Waals surface area (Å²) in [5.74, 6) is -1.25. The topological polar surface area (TPSA) is 83.1 Å². The first-order chi connectivity index (χ1) is 9.66. The van der Waals surface area contributed by atoms with Gasteiger partial charge in [0.05, 0.1) is 22.3 Å². The molecule has 0 radical (unpaired) electrons. The maximum atomic E-state index is 12.3. The van der Waals surface area contributed by atoms with Gasteiger partial charge in [-0.1, -0.05) is 30.3 Å². The van der Waals surface area contributed by atoms with Crippen LogP contribution < -0.4 is 0 Å². The summed E-state index contributed by atoms with van der Waals surface area (Å²) >= 11 is 0. The van der Waals surface area contributed by atoms with Crippen LogP contribution in [0.1, 0.15) is 26.4 Å². The molecule has 2 heterocycles. The molecule has 0 bridgehead atoms. The number of aromatic carboxylic acids is 1. The highest BCUT2D eigenvalue weighted by Crippen LogP contribution is 2.19. The Balaban J connectivity index is 2.12. The predicted octanol–water partition coefficient (Wildman–Crippen LogP) is 2.49. The van der Waals surface area contributed by atoms with Gasteiger partial charge in [0.1, 0.15) is 0 Å². The lowest BCUT2D eigenvalue weighted by atomic mass is 10.1. The molecule has 1 aromatic carbocycles. The van der Waals surface area contributed by atoms with Crippen LogP contribution in [-0.4, -0.2) is 26.8 Å². The average molecular weight is 266 g/mol. The summed E-state index contributed by atoms with van der Waals surface area (Å²) in [7, 11) is 0. The fourth-order valence-corrected chi connectivity index (χ4v) is 2.07. The third kappa shape index (κ3) is 1.95. The lowest BCUT2D eigenvalue weighted by molar-refractivity contribution is 0.0698. The quantitative estimate of drug-likeness (QED) is 0.713. The van der Waals surface area contributed by atoms with E-state index in [1.807, 2.05) is 6.07 Å². The van der Waals surface area contributed by atoms with Gasteiger partial charge in [0, 0.05) is 11.8 Å². The van der Waals surface area contributed by atoms with Crippen molar-refractivity contribution in [3.05, 3.63) is 65.5 Å². The van der Waals surface area contributed by atoms with Crippen LogP contribution in [-0.2, 0) is 0 Å². The Morgan fingerprint density at radius 1 is 1.10 bits per heavy atom. The minimum absolute atomic E-state index is 0.0992. The minimum atomic E-state index is -1.06. The average Bonchev–Trinajstić information content (AvgIpc) is 2.90. The van der Waals surface area contributed by atoms with E-state index in [9.17, 15) is 9.59 Å². The molecule has 0 aliphatic heterocycles. The Hall–Kier alpha value is -2.95. The van der Waals surface area contributed by atoms with E-state index in [-0.39, 0.29) is 11.3 Å². The zero-order valence-electron chi connectivity index (χ0n) is 10.3. The van der Waals surface area contributed by atoms with Gasteiger partial charge >= 0.3 is 5.97 Å². The lowest BCUT2D eigenvalue weighted by Crippen LogP contribution is -2.01. The summed E-state index contributed by atoms with van der Waals surface area (Å²) in [6.07, 6.45) is 1.41. The largest absolute Gasteiger partial charge is 0.478 e. The Morgan fingerprint density at radius 3 is 2.55 bits per heavy atom. The van der Waals surface area contributed by atoms with Crippen molar-refractivity contribution in [3.8, 4) is 0 Å². The number of pyridine rings is 1. The van der Waals surface area contributed by atoms with Crippen molar-refractivity contribution in [2.24, 2.45) is 0 Å². The number of carboxylic acids is 1. The van der Waals surface area contributed by atoms with Gasteiger partial charge in [-0.25, -0.2) is 4.79 Å². The van der Waals surface area contributed by atoms with E-state index < -0.39 is 5.97 Å². The minimum Gasteiger partial charge on any atom is -0.478 e. The van der Waals surface area contributed by atoms with Crippen molar-refractivity contribution in [2.75, 3.05) is 0 Å². The van der Waals surface area contributed by atoms with Gasteiger partial charge in [0.25, 0.3) is 0 Å². The smallest absolute Gasteiger partial charge is 0.337 e. The molecule has 98 valence electrons. The lowest BCUT2D eigenvalue weighted by Gasteiger charge is -1.97.